The zero-order valence-electron chi connectivity index (χ0n) is 17.6. The summed E-state index contributed by atoms with van der Waals surface area (Å²) >= 11 is 12.3. The molecular weight excluding hydrogens is 466 g/mol. The molecule has 6 nitrogen and oxygen atoms in total. The Bertz CT molecular complexity index is 1370. The second-order valence-corrected chi connectivity index (χ2v) is 8.55. The highest BCUT2D eigenvalue weighted by atomic mass is 35.5. The predicted molar refractivity (Wildman–Crippen MR) is 126 cm³/mol. The molecule has 9 heteroatoms. The highest BCUT2D eigenvalue weighted by Gasteiger charge is 2.23. The van der Waals surface area contributed by atoms with Gasteiger partial charge in [0.15, 0.2) is 17.4 Å². The van der Waals surface area contributed by atoms with E-state index in [1.165, 1.54) is 12.1 Å². The minimum Gasteiger partial charge on any atom is -0.434 e. The second kappa shape index (κ2) is 9.02. The van der Waals surface area contributed by atoms with Gasteiger partial charge in [-0.1, -0.05) is 41.4 Å². The van der Waals surface area contributed by atoms with Crippen LogP contribution in [-0.4, -0.2) is 28.1 Å². The molecule has 1 aliphatic heterocycles. The van der Waals surface area contributed by atoms with Gasteiger partial charge in [0.2, 0.25) is 5.88 Å². The van der Waals surface area contributed by atoms with E-state index in [4.69, 9.17) is 37.8 Å². The van der Waals surface area contributed by atoms with Gasteiger partial charge in [-0.25, -0.2) is 14.4 Å². The summed E-state index contributed by atoms with van der Waals surface area (Å²) in [7, 11) is 0. The fourth-order valence-corrected chi connectivity index (χ4v) is 4.10. The standard InChI is InChI=1S/C24H19Cl2FN4O2/c1-14-7-8-15(20(26)10-14)11-16-13-32-30-23(28-16)18-12-17-4-3-9-31(17)29-24(18)33-21-6-2-5-19(25)22(21)27/h2-10,12,16H,11,13H2,1H3,(H,28,30)/t16-/m1/s1. The van der Waals surface area contributed by atoms with E-state index < -0.39 is 5.82 Å². The molecule has 0 fully saturated rings. The molecule has 0 spiro atoms. The van der Waals surface area contributed by atoms with Crippen molar-refractivity contribution in [1.29, 1.82) is 0 Å². The summed E-state index contributed by atoms with van der Waals surface area (Å²) in [5, 5.41) is 5.15. The van der Waals surface area contributed by atoms with Crippen molar-refractivity contribution in [3.05, 3.63) is 93.3 Å². The van der Waals surface area contributed by atoms with Gasteiger partial charge in [-0.15, -0.1) is 5.10 Å². The van der Waals surface area contributed by atoms with E-state index in [0.29, 0.717) is 29.4 Å². The Labute approximate surface area is 199 Å². The van der Waals surface area contributed by atoms with Crippen LogP contribution in [0.1, 0.15) is 16.7 Å². The van der Waals surface area contributed by atoms with E-state index in [1.54, 1.807) is 16.8 Å². The van der Waals surface area contributed by atoms with Crippen molar-refractivity contribution in [2.45, 2.75) is 19.4 Å². The van der Waals surface area contributed by atoms with E-state index >= 15 is 0 Å². The fourth-order valence-electron chi connectivity index (χ4n) is 3.62. The van der Waals surface area contributed by atoms with Crippen molar-refractivity contribution in [3.63, 3.8) is 0 Å². The molecule has 168 valence electrons. The first-order chi connectivity index (χ1) is 16.0. The van der Waals surface area contributed by atoms with Gasteiger partial charge in [0, 0.05) is 11.2 Å². The molecule has 0 bridgehead atoms. The average Bonchev–Trinajstić information content (AvgIpc) is 3.26. The molecule has 2 aromatic heterocycles. The number of amidine groups is 1. The number of benzene rings is 2. The van der Waals surface area contributed by atoms with Gasteiger partial charge < -0.3 is 4.74 Å². The number of aliphatic imine (C=N–C) groups is 1. The Balaban J connectivity index is 1.52. The van der Waals surface area contributed by atoms with Gasteiger partial charge in [0.1, 0.15) is 0 Å². The first-order valence-corrected chi connectivity index (χ1v) is 11.0. The van der Waals surface area contributed by atoms with E-state index in [2.05, 4.69) is 10.6 Å². The zero-order chi connectivity index (χ0) is 22.9. The lowest BCUT2D eigenvalue weighted by Gasteiger charge is -2.23. The lowest BCUT2D eigenvalue weighted by molar-refractivity contribution is 0.0623. The molecule has 5 rings (SSSR count). The number of hydrogen-bond acceptors (Lipinski definition) is 5. The maximum absolute atomic E-state index is 14.5. The lowest BCUT2D eigenvalue weighted by Crippen LogP contribution is -2.37. The smallest absolute Gasteiger partial charge is 0.248 e. The monoisotopic (exact) mass is 484 g/mol. The molecule has 1 atom stereocenters. The fraction of sp³-hybridized carbons (Fsp3) is 0.167. The summed E-state index contributed by atoms with van der Waals surface area (Å²) < 4.78 is 22.0. The van der Waals surface area contributed by atoms with E-state index in [9.17, 15) is 4.39 Å². The number of hydrogen-bond donors (Lipinski definition) is 1. The van der Waals surface area contributed by atoms with Crippen LogP contribution >= 0.6 is 23.2 Å². The third-order valence-corrected chi connectivity index (χ3v) is 5.92. The molecule has 0 amide bonds. The normalized spacial score (nSPS) is 15.9. The topological polar surface area (TPSA) is 60.2 Å². The van der Waals surface area contributed by atoms with E-state index in [0.717, 1.165) is 16.6 Å². The molecule has 0 saturated heterocycles. The summed E-state index contributed by atoms with van der Waals surface area (Å²) in [5.41, 5.74) is 6.28. The maximum Gasteiger partial charge on any atom is 0.248 e. The van der Waals surface area contributed by atoms with Gasteiger partial charge in [-0.2, -0.15) is 0 Å². The van der Waals surface area contributed by atoms with Gasteiger partial charge in [0.25, 0.3) is 0 Å². The van der Waals surface area contributed by atoms with Crippen LogP contribution in [0.4, 0.5) is 4.39 Å². The van der Waals surface area contributed by atoms with Crippen molar-refractivity contribution in [2.75, 3.05) is 6.61 Å². The largest absolute Gasteiger partial charge is 0.434 e. The Kier molecular flexibility index (Phi) is 5.93. The lowest BCUT2D eigenvalue weighted by atomic mass is 10.0. The average molecular weight is 485 g/mol. The summed E-state index contributed by atoms with van der Waals surface area (Å²) in [5.74, 6) is -0.115. The van der Waals surface area contributed by atoms with Crippen LogP contribution in [0.15, 0.2) is 65.8 Å². The summed E-state index contributed by atoms with van der Waals surface area (Å²) in [6.07, 6.45) is 2.37. The van der Waals surface area contributed by atoms with Gasteiger partial charge in [-0.05, 0) is 60.9 Å². The zero-order valence-corrected chi connectivity index (χ0v) is 19.1. The van der Waals surface area contributed by atoms with Crippen LogP contribution in [0.2, 0.25) is 10.0 Å². The number of nitrogens with zero attached hydrogens (tertiary/aromatic N) is 3. The third-order valence-electron chi connectivity index (χ3n) is 5.28. The highest BCUT2D eigenvalue weighted by Crippen LogP contribution is 2.31. The van der Waals surface area contributed by atoms with Crippen LogP contribution in [0.25, 0.3) is 5.52 Å². The molecule has 1 N–H and O–H groups in total. The highest BCUT2D eigenvalue weighted by molar-refractivity contribution is 6.31. The van der Waals surface area contributed by atoms with Crippen molar-refractivity contribution >= 4 is 34.6 Å². The quantitative estimate of drug-likeness (QED) is 0.390. The van der Waals surface area contributed by atoms with Crippen molar-refractivity contribution in [1.82, 2.24) is 15.1 Å². The van der Waals surface area contributed by atoms with Crippen molar-refractivity contribution in [2.24, 2.45) is 4.99 Å². The molecular formula is C24H19Cl2FN4O2. The number of ether oxygens (including phenoxy) is 1. The number of hydroxylamine groups is 1. The van der Waals surface area contributed by atoms with Crippen LogP contribution in [0.5, 0.6) is 11.6 Å². The van der Waals surface area contributed by atoms with Gasteiger partial charge in [-0.3, -0.25) is 9.83 Å². The van der Waals surface area contributed by atoms with Crippen LogP contribution < -0.4 is 10.2 Å². The number of aromatic nitrogens is 2. The van der Waals surface area contributed by atoms with Crippen LogP contribution in [-0.2, 0) is 11.3 Å². The van der Waals surface area contributed by atoms with Gasteiger partial charge in [0.05, 0.1) is 28.8 Å². The van der Waals surface area contributed by atoms with Crippen molar-refractivity contribution < 1.29 is 14.0 Å². The molecule has 33 heavy (non-hydrogen) atoms. The summed E-state index contributed by atoms with van der Waals surface area (Å²) in [4.78, 5) is 10.4. The summed E-state index contributed by atoms with van der Waals surface area (Å²) in [6, 6.07) is 15.9. The Hall–Kier alpha value is -3.13. The Morgan fingerprint density at radius 1 is 1.15 bits per heavy atom. The number of halogens is 3. The molecule has 0 saturated carbocycles. The summed E-state index contributed by atoms with van der Waals surface area (Å²) in [6.45, 7) is 2.36. The minimum absolute atomic E-state index is 0.0388. The van der Waals surface area contributed by atoms with E-state index in [-0.39, 0.29) is 22.7 Å². The maximum atomic E-state index is 14.5. The number of fused-ring (bicyclic) bond motifs is 1. The van der Waals surface area contributed by atoms with Crippen LogP contribution in [0.3, 0.4) is 0 Å². The predicted octanol–water partition coefficient (Wildman–Crippen LogP) is 5.77. The van der Waals surface area contributed by atoms with Crippen LogP contribution in [0, 0.1) is 12.7 Å². The first kappa shape index (κ1) is 21.7. The Morgan fingerprint density at radius 2 is 2.03 bits per heavy atom. The molecule has 4 aromatic rings. The van der Waals surface area contributed by atoms with E-state index in [1.807, 2.05) is 43.3 Å². The van der Waals surface area contributed by atoms with Crippen molar-refractivity contribution in [3.8, 4) is 11.6 Å². The molecule has 1 aliphatic rings. The second-order valence-electron chi connectivity index (χ2n) is 7.74. The Morgan fingerprint density at radius 3 is 2.88 bits per heavy atom. The third kappa shape index (κ3) is 4.53. The molecule has 0 radical (unpaired) electrons. The van der Waals surface area contributed by atoms with Gasteiger partial charge >= 0.3 is 0 Å². The SMILES string of the molecule is Cc1ccc(C[C@@H]2CONC(c3cc4cccn4nc3Oc3cccc(Cl)c3F)=N2)c(Cl)c1. The molecule has 3 heterocycles. The molecule has 0 unspecified atom stereocenters. The molecule has 0 aliphatic carbocycles. The first-order valence-electron chi connectivity index (χ1n) is 10.3. The minimum atomic E-state index is -0.666. The number of aryl methyl sites for hydroxylation is 1. The number of rotatable bonds is 5. The molecule has 2 aromatic carbocycles. The number of nitrogens with one attached hydrogen (secondary N) is 1.